The highest BCUT2D eigenvalue weighted by molar-refractivity contribution is 7.19. The number of nitrogens with zero attached hydrogens (tertiary/aromatic N) is 3. The minimum absolute atomic E-state index is 0.177. The SMILES string of the molecule is O=C(Nc1sc(-c2ccncc2)nc1C(=O)O)c1ccc(CN2CCOCC2)cc1. The Labute approximate surface area is 177 Å². The Morgan fingerprint density at radius 2 is 1.80 bits per heavy atom. The van der Waals surface area contributed by atoms with Crippen LogP contribution in [-0.4, -0.2) is 58.2 Å². The van der Waals surface area contributed by atoms with E-state index in [2.05, 4.69) is 20.2 Å². The maximum absolute atomic E-state index is 12.7. The van der Waals surface area contributed by atoms with Gasteiger partial charge in [-0.3, -0.25) is 14.7 Å². The van der Waals surface area contributed by atoms with Crippen LogP contribution in [0.1, 0.15) is 26.4 Å². The number of amides is 1. The zero-order chi connectivity index (χ0) is 20.9. The molecule has 0 bridgehead atoms. The first-order chi connectivity index (χ1) is 14.6. The zero-order valence-electron chi connectivity index (χ0n) is 16.1. The van der Waals surface area contributed by atoms with E-state index in [1.165, 1.54) is 0 Å². The molecule has 2 N–H and O–H groups in total. The highest BCUT2D eigenvalue weighted by atomic mass is 32.1. The summed E-state index contributed by atoms with van der Waals surface area (Å²) < 4.78 is 5.36. The molecular weight excluding hydrogens is 404 g/mol. The Morgan fingerprint density at radius 1 is 1.10 bits per heavy atom. The number of aromatic carboxylic acids is 1. The summed E-state index contributed by atoms with van der Waals surface area (Å²) in [7, 11) is 0. The van der Waals surface area contributed by atoms with Gasteiger partial charge in [0.05, 0.1) is 13.2 Å². The van der Waals surface area contributed by atoms with Gasteiger partial charge in [-0.25, -0.2) is 9.78 Å². The van der Waals surface area contributed by atoms with Crippen LogP contribution < -0.4 is 5.32 Å². The number of ether oxygens (including phenoxy) is 1. The molecule has 0 aliphatic carbocycles. The second kappa shape index (κ2) is 9.12. The monoisotopic (exact) mass is 424 g/mol. The van der Waals surface area contributed by atoms with Gasteiger partial charge in [0.15, 0.2) is 5.69 Å². The summed E-state index contributed by atoms with van der Waals surface area (Å²) in [5.74, 6) is -1.57. The molecule has 0 saturated carbocycles. The quantitative estimate of drug-likeness (QED) is 0.627. The van der Waals surface area contributed by atoms with E-state index in [9.17, 15) is 14.7 Å². The molecule has 1 aliphatic heterocycles. The van der Waals surface area contributed by atoms with E-state index in [1.807, 2.05) is 12.1 Å². The van der Waals surface area contributed by atoms with Crippen LogP contribution >= 0.6 is 11.3 Å². The number of pyridine rings is 1. The molecular formula is C21H20N4O4S. The van der Waals surface area contributed by atoms with Crippen molar-refractivity contribution >= 4 is 28.2 Å². The van der Waals surface area contributed by atoms with E-state index in [1.54, 1.807) is 36.7 Å². The summed E-state index contributed by atoms with van der Waals surface area (Å²) in [6, 6.07) is 10.8. The number of hydrogen-bond acceptors (Lipinski definition) is 7. The Kier molecular flexibility index (Phi) is 6.12. The Morgan fingerprint density at radius 3 is 2.47 bits per heavy atom. The first-order valence-electron chi connectivity index (χ1n) is 9.45. The molecule has 154 valence electrons. The number of nitrogens with one attached hydrogen (secondary N) is 1. The van der Waals surface area contributed by atoms with Crippen LogP contribution in [0.15, 0.2) is 48.8 Å². The minimum Gasteiger partial charge on any atom is -0.476 e. The van der Waals surface area contributed by atoms with Crippen LogP contribution in [0, 0.1) is 0 Å². The van der Waals surface area contributed by atoms with Crippen LogP contribution in [0.4, 0.5) is 5.00 Å². The predicted octanol–water partition coefficient (Wildman–Crippen LogP) is 2.99. The van der Waals surface area contributed by atoms with Gasteiger partial charge in [0.25, 0.3) is 5.91 Å². The van der Waals surface area contributed by atoms with Crippen molar-refractivity contribution in [1.82, 2.24) is 14.9 Å². The summed E-state index contributed by atoms with van der Waals surface area (Å²) >= 11 is 1.12. The van der Waals surface area contributed by atoms with Gasteiger partial charge in [-0.15, -0.1) is 0 Å². The summed E-state index contributed by atoms with van der Waals surface area (Å²) in [6.45, 7) is 4.07. The zero-order valence-corrected chi connectivity index (χ0v) is 16.9. The molecule has 0 unspecified atom stereocenters. The lowest BCUT2D eigenvalue weighted by molar-refractivity contribution is 0.0342. The third-order valence-corrected chi connectivity index (χ3v) is 5.73. The Balaban J connectivity index is 1.48. The van der Waals surface area contributed by atoms with Gasteiger partial charge in [-0.2, -0.15) is 0 Å². The molecule has 2 aromatic heterocycles. The molecule has 3 heterocycles. The van der Waals surface area contributed by atoms with Crippen molar-refractivity contribution in [3.8, 4) is 10.6 Å². The van der Waals surface area contributed by atoms with Gasteiger partial charge < -0.3 is 15.2 Å². The molecule has 0 atom stereocenters. The number of anilines is 1. The van der Waals surface area contributed by atoms with Crippen LogP contribution in [0.5, 0.6) is 0 Å². The highest BCUT2D eigenvalue weighted by Crippen LogP contribution is 2.32. The first kappa shape index (κ1) is 20.1. The number of morpholine rings is 1. The van der Waals surface area contributed by atoms with Crippen LogP contribution in [0.25, 0.3) is 10.6 Å². The molecule has 3 aromatic rings. The number of carboxylic acids is 1. The van der Waals surface area contributed by atoms with Crippen LogP contribution in [0.3, 0.4) is 0 Å². The van der Waals surface area contributed by atoms with Crippen LogP contribution in [0.2, 0.25) is 0 Å². The molecule has 9 heteroatoms. The van der Waals surface area contributed by atoms with E-state index in [4.69, 9.17) is 4.74 Å². The number of hydrogen-bond donors (Lipinski definition) is 2. The average molecular weight is 424 g/mol. The number of carbonyl (C=O) groups excluding carboxylic acids is 1. The third kappa shape index (κ3) is 4.70. The number of carboxylic acid groups (broad SMARTS) is 1. The lowest BCUT2D eigenvalue weighted by Gasteiger charge is -2.26. The number of rotatable bonds is 6. The second-order valence-electron chi connectivity index (χ2n) is 6.78. The van der Waals surface area contributed by atoms with Crippen molar-refractivity contribution in [2.24, 2.45) is 0 Å². The van der Waals surface area contributed by atoms with Gasteiger partial charge in [0.2, 0.25) is 0 Å². The maximum atomic E-state index is 12.7. The molecule has 8 nitrogen and oxygen atoms in total. The number of benzene rings is 1. The third-order valence-electron chi connectivity index (χ3n) is 4.71. The van der Waals surface area contributed by atoms with Gasteiger partial charge in [0.1, 0.15) is 10.0 Å². The smallest absolute Gasteiger partial charge is 0.357 e. The fourth-order valence-corrected chi connectivity index (χ4v) is 4.08. The predicted molar refractivity (Wildman–Crippen MR) is 113 cm³/mol. The Hall–Kier alpha value is -3.14. The van der Waals surface area contributed by atoms with Crippen molar-refractivity contribution < 1.29 is 19.4 Å². The van der Waals surface area contributed by atoms with Crippen LogP contribution in [-0.2, 0) is 11.3 Å². The van der Waals surface area contributed by atoms with Gasteiger partial charge in [0, 0.05) is 43.2 Å². The maximum Gasteiger partial charge on any atom is 0.357 e. The summed E-state index contributed by atoms with van der Waals surface area (Å²) in [4.78, 5) is 34.7. The van der Waals surface area contributed by atoms with E-state index < -0.39 is 5.97 Å². The van der Waals surface area contributed by atoms with E-state index in [0.717, 1.165) is 55.3 Å². The van der Waals surface area contributed by atoms with Gasteiger partial charge in [-0.05, 0) is 29.8 Å². The molecule has 0 radical (unpaired) electrons. The second-order valence-corrected chi connectivity index (χ2v) is 7.78. The molecule has 0 spiro atoms. The number of thiazole rings is 1. The normalized spacial score (nSPS) is 14.4. The molecule has 1 amide bonds. The standard InChI is InChI=1S/C21H20N4O4S/c26-18(15-3-1-14(2-4-15)13-25-9-11-29-12-10-25)24-20-17(21(27)28)23-19(30-20)16-5-7-22-8-6-16/h1-8H,9-13H2,(H,24,26)(H,27,28). The van der Waals surface area contributed by atoms with Crippen molar-refractivity contribution in [2.45, 2.75) is 6.54 Å². The molecule has 1 fully saturated rings. The fraction of sp³-hybridized carbons (Fsp3) is 0.238. The van der Waals surface area contributed by atoms with Crippen molar-refractivity contribution in [3.05, 3.63) is 65.6 Å². The topological polar surface area (TPSA) is 105 Å². The summed E-state index contributed by atoms with van der Waals surface area (Å²) in [5, 5.41) is 12.9. The van der Waals surface area contributed by atoms with E-state index in [0.29, 0.717) is 10.6 Å². The summed E-state index contributed by atoms with van der Waals surface area (Å²) in [6.07, 6.45) is 3.21. The lowest BCUT2D eigenvalue weighted by Crippen LogP contribution is -2.35. The van der Waals surface area contributed by atoms with Crippen molar-refractivity contribution in [1.29, 1.82) is 0 Å². The van der Waals surface area contributed by atoms with E-state index in [-0.39, 0.29) is 16.6 Å². The number of carbonyl (C=O) groups is 2. The average Bonchev–Trinajstić information content (AvgIpc) is 3.20. The summed E-state index contributed by atoms with van der Waals surface area (Å²) in [5.41, 5.74) is 2.13. The number of aromatic nitrogens is 2. The highest BCUT2D eigenvalue weighted by Gasteiger charge is 2.21. The Bertz CT molecular complexity index is 1030. The minimum atomic E-state index is -1.19. The van der Waals surface area contributed by atoms with Gasteiger partial charge in [-0.1, -0.05) is 23.5 Å². The van der Waals surface area contributed by atoms with Crippen molar-refractivity contribution in [2.75, 3.05) is 31.6 Å². The van der Waals surface area contributed by atoms with E-state index >= 15 is 0 Å². The largest absolute Gasteiger partial charge is 0.476 e. The molecule has 4 rings (SSSR count). The molecule has 1 saturated heterocycles. The fourth-order valence-electron chi connectivity index (χ4n) is 3.12. The van der Waals surface area contributed by atoms with Crippen molar-refractivity contribution in [3.63, 3.8) is 0 Å². The lowest BCUT2D eigenvalue weighted by atomic mass is 10.1. The molecule has 1 aromatic carbocycles. The molecule has 1 aliphatic rings. The van der Waals surface area contributed by atoms with Gasteiger partial charge >= 0.3 is 5.97 Å². The molecule has 30 heavy (non-hydrogen) atoms. The first-order valence-corrected chi connectivity index (χ1v) is 10.3.